The van der Waals surface area contributed by atoms with Crippen LogP contribution in [-0.4, -0.2) is 15.0 Å². The summed E-state index contributed by atoms with van der Waals surface area (Å²) in [7, 11) is 0. The second-order valence-corrected chi connectivity index (χ2v) is 7.43. The van der Waals surface area contributed by atoms with Crippen molar-refractivity contribution >= 4 is 34.8 Å². The Hall–Kier alpha value is -2.17. The van der Waals surface area contributed by atoms with Crippen LogP contribution in [0.15, 0.2) is 30.3 Å². The maximum absolute atomic E-state index is 6.44. The third-order valence-corrected chi connectivity index (χ3v) is 5.18. The number of pyridine rings is 1. The van der Waals surface area contributed by atoms with Crippen molar-refractivity contribution in [2.45, 2.75) is 47.0 Å². The fraction of sp³-hybridized carbons (Fsp3) is 0.318. The van der Waals surface area contributed by atoms with E-state index in [0.29, 0.717) is 10.0 Å². The minimum absolute atomic E-state index is 0.577. The SMILES string of the molecule is CCc1ccc(C)nc1Nc1nc(CC)c(-c2ccc(Cl)cc2Cl)nc1CC. The number of aryl methyl sites for hydroxylation is 4. The Kier molecular flexibility index (Phi) is 6.53. The number of halogens is 2. The van der Waals surface area contributed by atoms with Crippen LogP contribution in [0.25, 0.3) is 11.3 Å². The zero-order valence-electron chi connectivity index (χ0n) is 16.6. The van der Waals surface area contributed by atoms with E-state index in [0.717, 1.165) is 64.8 Å². The van der Waals surface area contributed by atoms with Gasteiger partial charge in [-0.15, -0.1) is 0 Å². The third-order valence-electron chi connectivity index (χ3n) is 4.63. The molecule has 0 spiro atoms. The van der Waals surface area contributed by atoms with Gasteiger partial charge in [-0.25, -0.2) is 15.0 Å². The highest BCUT2D eigenvalue weighted by atomic mass is 35.5. The molecule has 0 amide bonds. The van der Waals surface area contributed by atoms with Gasteiger partial charge >= 0.3 is 0 Å². The predicted octanol–water partition coefficient (Wildman–Crippen LogP) is 6.58. The molecule has 0 bridgehead atoms. The molecule has 0 saturated carbocycles. The molecule has 2 aromatic heterocycles. The first-order chi connectivity index (χ1) is 13.5. The molecule has 0 radical (unpaired) electrons. The van der Waals surface area contributed by atoms with Gasteiger partial charge in [-0.1, -0.05) is 50.0 Å². The molecule has 28 heavy (non-hydrogen) atoms. The number of hydrogen-bond donors (Lipinski definition) is 1. The van der Waals surface area contributed by atoms with E-state index < -0.39 is 0 Å². The molecule has 6 heteroatoms. The Morgan fingerprint density at radius 2 is 1.57 bits per heavy atom. The van der Waals surface area contributed by atoms with Crippen LogP contribution in [0.5, 0.6) is 0 Å². The summed E-state index contributed by atoms with van der Waals surface area (Å²) in [6.45, 7) is 8.24. The lowest BCUT2D eigenvalue weighted by atomic mass is 10.1. The van der Waals surface area contributed by atoms with Crippen LogP contribution < -0.4 is 5.32 Å². The summed E-state index contributed by atoms with van der Waals surface area (Å²) in [4.78, 5) is 14.5. The van der Waals surface area contributed by atoms with Crippen LogP contribution in [0.2, 0.25) is 10.0 Å². The molecule has 1 aromatic carbocycles. The summed E-state index contributed by atoms with van der Waals surface area (Å²) in [6.07, 6.45) is 2.37. The van der Waals surface area contributed by atoms with Crippen LogP contribution in [0.1, 0.15) is 43.4 Å². The van der Waals surface area contributed by atoms with Gasteiger partial charge in [0.05, 0.1) is 22.1 Å². The van der Waals surface area contributed by atoms with Gasteiger partial charge in [-0.2, -0.15) is 0 Å². The molecule has 0 unspecified atom stereocenters. The Morgan fingerprint density at radius 1 is 0.821 bits per heavy atom. The monoisotopic (exact) mass is 414 g/mol. The van der Waals surface area contributed by atoms with Gasteiger partial charge in [-0.05, 0) is 56.0 Å². The van der Waals surface area contributed by atoms with Gasteiger partial charge in [0.1, 0.15) is 5.82 Å². The highest BCUT2D eigenvalue weighted by Crippen LogP contribution is 2.33. The number of nitrogens with zero attached hydrogens (tertiary/aromatic N) is 3. The highest BCUT2D eigenvalue weighted by molar-refractivity contribution is 6.36. The van der Waals surface area contributed by atoms with Crippen molar-refractivity contribution in [3.63, 3.8) is 0 Å². The predicted molar refractivity (Wildman–Crippen MR) is 118 cm³/mol. The molecule has 0 aliphatic rings. The van der Waals surface area contributed by atoms with Crippen LogP contribution in [0.4, 0.5) is 11.6 Å². The molecule has 0 aliphatic carbocycles. The van der Waals surface area contributed by atoms with Crippen LogP contribution in [0.3, 0.4) is 0 Å². The normalized spacial score (nSPS) is 10.9. The summed E-state index contributed by atoms with van der Waals surface area (Å²) in [5, 5.41) is 4.60. The topological polar surface area (TPSA) is 50.7 Å². The molecule has 146 valence electrons. The zero-order chi connectivity index (χ0) is 20.3. The van der Waals surface area contributed by atoms with E-state index in [1.165, 1.54) is 0 Å². The lowest BCUT2D eigenvalue weighted by molar-refractivity contribution is 0.945. The maximum atomic E-state index is 6.44. The molecule has 2 heterocycles. The number of anilines is 2. The first kappa shape index (κ1) is 20.6. The Balaban J connectivity index is 2.10. The van der Waals surface area contributed by atoms with E-state index in [1.54, 1.807) is 6.07 Å². The standard InChI is InChI=1S/C22H24Cl2N4/c1-5-14-9-8-13(4)25-21(14)28-22-19(7-3)26-20(18(6-2)27-22)16-11-10-15(23)12-17(16)24/h8-12H,5-7H2,1-4H3,(H,25,27,28). The lowest BCUT2D eigenvalue weighted by Gasteiger charge is -2.16. The third kappa shape index (κ3) is 4.29. The molecule has 3 aromatic rings. The fourth-order valence-corrected chi connectivity index (χ4v) is 3.58. The van der Waals surface area contributed by atoms with E-state index in [9.17, 15) is 0 Å². The van der Waals surface area contributed by atoms with E-state index in [1.807, 2.05) is 25.1 Å². The smallest absolute Gasteiger partial charge is 0.153 e. The van der Waals surface area contributed by atoms with Crippen LogP contribution in [0, 0.1) is 6.92 Å². The van der Waals surface area contributed by atoms with Gasteiger partial charge in [0.15, 0.2) is 5.82 Å². The first-order valence-electron chi connectivity index (χ1n) is 9.55. The molecular formula is C22H24Cl2N4. The second-order valence-electron chi connectivity index (χ2n) is 6.58. The van der Waals surface area contributed by atoms with Crippen molar-refractivity contribution in [1.29, 1.82) is 0 Å². The lowest BCUT2D eigenvalue weighted by Crippen LogP contribution is -2.09. The van der Waals surface area contributed by atoms with Crippen molar-refractivity contribution < 1.29 is 0 Å². The molecule has 4 nitrogen and oxygen atoms in total. The summed E-state index contributed by atoms with van der Waals surface area (Å²) in [5.74, 6) is 1.59. The van der Waals surface area contributed by atoms with Gasteiger partial charge in [0, 0.05) is 16.3 Å². The largest absolute Gasteiger partial charge is 0.323 e. The van der Waals surface area contributed by atoms with Crippen molar-refractivity contribution in [1.82, 2.24) is 15.0 Å². The fourth-order valence-electron chi connectivity index (χ4n) is 3.09. The van der Waals surface area contributed by atoms with E-state index in [2.05, 4.69) is 37.1 Å². The molecule has 1 N–H and O–H groups in total. The Bertz CT molecular complexity index is 1000. The number of nitrogens with one attached hydrogen (secondary N) is 1. The minimum atomic E-state index is 0.577. The molecule has 0 saturated heterocycles. The van der Waals surface area contributed by atoms with Crippen molar-refractivity contribution in [3.8, 4) is 11.3 Å². The number of aromatic nitrogens is 3. The van der Waals surface area contributed by atoms with Gasteiger partial charge in [-0.3, -0.25) is 0 Å². The van der Waals surface area contributed by atoms with Crippen LogP contribution >= 0.6 is 23.2 Å². The van der Waals surface area contributed by atoms with E-state index in [-0.39, 0.29) is 0 Å². The summed E-state index contributed by atoms with van der Waals surface area (Å²) >= 11 is 12.5. The van der Waals surface area contributed by atoms with Crippen molar-refractivity contribution in [3.05, 3.63) is 63.0 Å². The molecule has 3 rings (SSSR count). The molecule has 0 atom stereocenters. The van der Waals surface area contributed by atoms with E-state index >= 15 is 0 Å². The Labute approximate surface area is 176 Å². The quantitative estimate of drug-likeness (QED) is 0.494. The average molecular weight is 415 g/mol. The summed E-state index contributed by atoms with van der Waals surface area (Å²) < 4.78 is 0. The zero-order valence-corrected chi connectivity index (χ0v) is 18.1. The number of benzene rings is 1. The van der Waals surface area contributed by atoms with Gasteiger partial charge < -0.3 is 5.32 Å². The van der Waals surface area contributed by atoms with Crippen molar-refractivity contribution in [2.24, 2.45) is 0 Å². The highest BCUT2D eigenvalue weighted by Gasteiger charge is 2.17. The number of rotatable bonds is 6. The van der Waals surface area contributed by atoms with E-state index in [4.69, 9.17) is 33.2 Å². The first-order valence-corrected chi connectivity index (χ1v) is 10.3. The number of hydrogen-bond acceptors (Lipinski definition) is 4. The molecular weight excluding hydrogens is 391 g/mol. The molecule has 0 fully saturated rings. The molecule has 0 aliphatic heterocycles. The van der Waals surface area contributed by atoms with Gasteiger partial charge in [0.25, 0.3) is 0 Å². The van der Waals surface area contributed by atoms with Gasteiger partial charge in [0.2, 0.25) is 0 Å². The average Bonchev–Trinajstić information content (AvgIpc) is 2.68. The second kappa shape index (κ2) is 8.89. The maximum Gasteiger partial charge on any atom is 0.153 e. The van der Waals surface area contributed by atoms with Crippen LogP contribution in [-0.2, 0) is 19.3 Å². The summed E-state index contributed by atoms with van der Waals surface area (Å²) in [6, 6.07) is 9.59. The van der Waals surface area contributed by atoms with Crippen molar-refractivity contribution in [2.75, 3.05) is 5.32 Å². The summed E-state index contributed by atoms with van der Waals surface area (Å²) in [5.41, 5.74) is 5.53. The minimum Gasteiger partial charge on any atom is -0.323 e. The Morgan fingerprint density at radius 3 is 2.21 bits per heavy atom.